The van der Waals surface area contributed by atoms with Crippen molar-refractivity contribution in [2.75, 3.05) is 26.7 Å². The van der Waals surface area contributed by atoms with Crippen molar-refractivity contribution in [3.05, 3.63) is 0 Å². The standard InChI is InChI=1S/C13H26N2O/c1-3-14-12-7-4-8-13(12)15(2)10-11-6-5-9-16-11/h11-14H,3-10H2,1-2H3. The van der Waals surface area contributed by atoms with Crippen LogP contribution in [0.2, 0.25) is 0 Å². The van der Waals surface area contributed by atoms with Gasteiger partial charge in [-0.15, -0.1) is 0 Å². The Kier molecular flexibility index (Phi) is 4.62. The van der Waals surface area contributed by atoms with Crippen molar-refractivity contribution in [3.63, 3.8) is 0 Å². The van der Waals surface area contributed by atoms with Crippen molar-refractivity contribution in [2.24, 2.45) is 0 Å². The quantitative estimate of drug-likeness (QED) is 0.771. The second-order valence-electron chi connectivity index (χ2n) is 5.24. The fourth-order valence-corrected chi connectivity index (χ4v) is 3.21. The molecule has 3 nitrogen and oxygen atoms in total. The van der Waals surface area contributed by atoms with Gasteiger partial charge in [-0.05, 0) is 39.3 Å². The summed E-state index contributed by atoms with van der Waals surface area (Å²) in [5.74, 6) is 0. The molecule has 16 heavy (non-hydrogen) atoms. The summed E-state index contributed by atoms with van der Waals surface area (Å²) >= 11 is 0. The minimum absolute atomic E-state index is 0.493. The van der Waals surface area contributed by atoms with E-state index in [1.54, 1.807) is 0 Å². The zero-order valence-electron chi connectivity index (χ0n) is 10.7. The van der Waals surface area contributed by atoms with Crippen LogP contribution in [0.15, 0.2) is 0 Å². The molecule has 2 rings (SSSR count). The number of hydrogen-bond acceptors (Lipinski definition) is 3. The average molecular weight is 226 g/mol. The largest absolute Gasteiger partial charge is 0.377 e. The number of ether oxygens (including phenoxy) is 1. The highest BCUT2D eigenvalue weighted by atomic mass is 16.5. The SMILES string of the molecule is CCNC1CCCC1N(C)CC1CCCO1. The van der Waals surface area contributed by atoms with Gasteiger partial charge in [0.25, 0.3) is 0 Å². The number of hydrogen-bond donors (Lipinski definition) is 1. The molecule has 1 saturated carbocycles. The first-order valence-electron chi connectivity index (χ1n) is 6.86. The average Bonchev–Trinajstić information content (AvgIpc) is 2.89. The molecule has 3 heteroatoms. The first kappa shape index (κ1) is 12.3. The lowest BCUT2D eigenvalue weighted by molar-refractivity contribution is 0.0645. The fraction of sp³-hybridized carbons (Fsp3) is 1.00. The molecule has 1 N–H and O–H groups in total. The molecule has 1 heterocycles. The van der Waals surface area contributed by atoms with Crippen molar-refractivity contribution in [1.82, 2.24) is 10.2 Å². The van der Waals surface area contributed by atoms with E-state index in [-0.39, 0.29) is 0 Å². The van der Waals surface area contributed by atoms with Crippen molar-refractivity contribution in [3.8, 4) is 0 Å². The molecule has 2 fully saturated rings. The first-order chi connectivity index (χ1) is 7.81. The van der Waals surface area contributed by atoms with Crippen molar-refractivity contribution in [2.45, 2.75) is 57.2 Å². The summed E-state index contributed by atoms with van der Waals surface area (Å²) in [7, 11) is 2.27. The Morgan fingerprint density at radius 1 is 1.25 bits per heavy atom. The molecular weight excluding hydrogens is 200 g/mol. The molecule has 0 spiro atoms. The molecule has 0 aromatic carbocycles. The highest BCUT2D eigenvalue weighted by Gasteiger charge is 2.31. The summed E-state index contributed by atoms with van der Waals surface area (Å²) < 4.78 is 5.72. The van der Waals surface area contributed by atoms with Gasteiger partial charge in [0, 0.05) is 25.2 Å². The molecule has 0 aromatic rings. The number of likely N-dealkylation sites (N-methyl/N-ethyl adjacent to an activating group) is 2. The maximum absolute atomic E-state index is 5.72. The maximum atomic E-state index is 5.72. The van der Waals surface area contributed by atoms with E-state index in [0.717, 1.165) is 25.7 Å². The molecular formula is C13H26N2O. The highest BCUT2D eigenvalue weighted by molar-refractivity contribution is 4.90. The molecule has 0 radical (unpaired) electrons. The summed E-state index contributed by atoms with van der Waals surface area (Å²) in [4.78, 5) is 2.52. The van der Waals surface area contributed by atoms with E-state index in [1.807, 2.05) is 0 Å². The van der Waals surface area contributed by atoms with E-state index in [9.17, 15) is 0 Å². The molecule has 1 aliphatic carbocycles. The van der Waals surface area contributed by atoms with Crippen LogP contribution in [0.25, 0.3) is 0 Å². The van der Waals surface area contributed by atoms with Crippen LogP contribution in [0.5, 0.6) is 0 Å². The van der Waals surface area contributed by atoms with Gasteiger partial charge < -0.3 is 10.1 Å². The van der Waals surface area contributed by atoms with Crippen LogP contribution >= 0.6 is 0 Å². The predicted octanol–water partition coefficient (Wildman–Crippen LogP) is 1.63. The van der Waals surface area contributed by atoms with Gasteiger partial charge in [0.2, 0.25) is 0 Å². The van der Waals surface area contributed by atoms with Crippen molar-refractivity contribution >= 4 is 0 Å². The Labute approximate surface area is 99.5 Å². The topological polar surface area (TPSA) is 24.5 Å². The van der Waals surface area contributed by atoms with E-state index in [1.165, 1.54) is 32.1 Å². The molecule has 0 bridgehead atoms. The summed E-state index contributed by atoms with van der Waals surface area (Å²) in [6.45, 7) is 5.39. The Balaban J connectivity index is 1.80. The van der Waals surface area contributed by atoms with Gasteiger partial charge in [-0.25, -0.2) is 0 Å². The Morgan fingerprint density at radius 3 is 2.81 bits per heavy atom. The van der Waals surface area contributed by atoms with Crippen LogP contribution in [0.3, 0.4) is 0 Å². The lowest BCUT2D eigenvalue weighted by Gasteiger charge is -2.31. The third kappa shape index (κ3) is 2.96. The van der Waals surface area contributed by atoms with Crippen LogP contribution in [-0.2, 0) is 4.74 Å². The van der Waals surface area contributed by atoms with Gasteiger partial charge in [-0.3, -0.25) is 4.90 Å². The second-order valence-corrected chi connectivity index (χ2v) is 5.24. The summed E-state index contributed by atoms with van der Waals surface area (Å²) in [6.07, 6.45) is 7.06. The normalized spacial score (nSPS) is 35.1. The molecule has 1 aliphatic heterocycles. The summed E-state index contributed by atoms with van der Waals surface area (Å²) in [5.41, 5.74) is 0. The molecule has 1 saturated heterocycles. The van der Waals surface area contributed by atoms with Gasteiger partial charge in [0.15, 0.2) is 0 Å². The van der Waals surface area contributed by atoms with Crippen LogP contribution in [0.4, 0.5) is 0 Å². The monoisotopic (exact) mass is 226 g/mol. The maximum Gasteiger partial charge on any atom is 0.0702 e. The smallest absolute Gasteiger partial charge is 0.0702 e. The second kappa shape index (κ2) is 5.99. The lowest BCUT2D eigenvalue weighted by atomic mass is 10.1. The molecule has 3 unspecified atom stereocenters. The van der Waals surface area contributed by atoms with E-state index in [0.29, 0.717) is 12.1 Å². The Hall–Kier alpha value is -0.120. The first-order valence-corrected chi connectivity index (χ1v) is 6.86. The number of nitrogens with one attached hydrogen (secondary N) is 1. The van der Waals surface area contributed by atoms with Gasteiger partial charge in [0.05, 0.1) is 6.10 Å². The third-order valence-corrected chi connectivity index (χ3v) is 4.03. The zero-order valence-corrected chi connectivity index (χ0v) is 10.7. The molecule has 3 atom stereocenters. The minimum atomic E-state index is 0.493. The van der Waals surface area contributed by atoms with Crippen molar-refractivity contribution < 1.29 is 4.74 Å². The number of nitrogens with zero attached hydrogens (tertiary/aromatic N) is 1. The minimum Gasteiger partial charge on any atom is -0.377 e. The third-order valence-electron chi connectivity index (χ3n) is 4.03. The van der Waals surface area contributed by atoms with Gasteiger partial charge >= 0.3 is 0 Å². The van der Waals surface area contributed by atoms with E-state index < -0.39 is 0 Å². The number of rotatable bonds is 5. The molecule has 0 aromatic heterocycles. The van der Waals surface area contributed by atoms with E-state index in [4.69, 9.17) is 4.74 Å². The van der Waals surface area contributed by atoms with Gasteiger partial charge in [-0.2, -0.15) is 0 Å². The van der Waals surface area contributed by atoms with Crippen LogP contribution in [-0.4, -0.2) is 49.8 Å². The molecule has 2 aliphatic rings. The summed E-state index contributed by atoms with van der Waals surface area (Å²) in [5, 5.41) is 3.62. The summed E-state index contributed by atoms with van der Waals surface area (Å²) in [6, 6.07) is 1.43. The van der Waals surface area contributed by atoms with Gasteiger partial charge in [0.1, 0.15) is 0 Å². The highest BCUT2D eigenvalue weighted by Crippen LogP contribution is 2.24. The molecule has 0 amide bonds. The van der Waals surface area contributed by atoms with E-state index in [2.05, 4.69) is 24.2 Å². The van der Waals surface area contributed by atoms with Gasteiger partial charge in [-0.1, -0.05) is 13.3 Å². The Morgan fingerprint density at radius 2 is 2.12 bits per heavy atom. The Bertz CT molecular complexity index is 204. The zero-order chi connectivity index (χ0) is 11.4. The van der Waals surface area contributed by atoms with Crippen LogP contribution in [0, 0.1) is 0 Å². The van der Waals surface area contributed by atoms with Crippen LogP contribution in [0.1, 0.15) is 39.0 Å². The van der Waals surface area contributed by atoms with Crippen LogP contribution < -0.4 is 5.32 Å². The molecule has 94 valence electrons. The van der Waals surface area contributed by atoms with Crippen molar-refractivity contribution in [1.29, 1.82) is 0 Å². The van der Waals surface area contributed by atoms with E-state index >= 15 is 0 Å². The lowest BCUT2D eigenvalue weighted by Crippen LogP contribution is -2.47. The predicted molar refractivity (Wildman–Crippen MR) is 66.7 cm³/mol. The fourth-order valence-electron chi connectivity index (χ4n) is 3.21.